The Morgan fingerprint density at radius 2 is 0.926 bits per heavy atom. The molecule has 0 spiro atoms. The van der Waals surface area contributed by atoms with Crippen molar-refractivity contribution >= 4 is 145 Å². The van der Waals surface area contributed by atoms with Crippen molar-refractivity contribution in [3.05, 3.63) is 108 Å². The summed E-state index contributed by atoms with van der Waals surface area (Å²) in [5.74, 6) is -4.83. The maximum atomic E-state index is 12.7. The minimum Gasteiger partial charge on any atom is -0.480 e. The van der Waals surface area contributed by atoms with Crippen LogP contribution >= 0.6 is 74.4 Å². The largest absolute Gasteiger partial charge is 0.480 e. The number of amides is 5. The van der Waals surface area contributed by atoms with Crippen molar-refractivity contribution in [2.75, 3.05) is 53.6 Å². The van der Waals surface area contributed by atoms with Crippen LogP contribution in [0.2, 0.25) is 0 Å². The van der Waals surface area contributed by atoms with E-state index in [1.54, 1.807) is 68.7 Å². The van der Waals surface area contributed by atoms with Gasteiger partial charge in [0.1, 0.15) is 30.7 Å². The number of rotatable bonds is 21. The average molecular weight is 1520 g/mol. The van der Waals surface area contributed by atoms with Gasteiger partial charge >= 0.3 is 48.1 Å². The molecule has 3 saturated heterocycles. The van der Waals surface area contributed by atoms with E-state index in [2.05, 4.69) is 30.3 Å². The summed E-state index contributed by atoms with van der Waals surface area (Å²) >= 11 is 13.1. The van der Waals surface area contributed by atoms with Gasteiger partial charge in [0.15, 0.2) is 0 Å². The first kappa shape index (κ1) is 95.6. The Labute approximate surface area is 584 Å². The van der Waals surface area contributed by atoms with Gasteiger partial charge in [0.2, 0.25) is 22.3 Å². The van der Waals surface area contributed by atoms with E-state index in [4.69, 9.17) is 62.4 Å². The molecular weight excluding hydrogens is 1420 g/mol. The molecule has 13 atom stereocenters. The highest BCUT2D eigenvalue weighted by Crippen LogP contribution is 2.26. The molecule has 536 valence electrons. The molecule has 0 aliphatic carbocycles. The number of alkyl carbamates (subject to hydrolysis) is 1. The number of carboxylic acids is 1. The normalized spacial score (nSPS) is 16.7. The van der Waals surface area contributed by atoms with Crippen molar-refractivity contribution in [3.63, 3.8) is 0 Å². The van der Waals surface area contributed by atoms with E-state index >= 15 is 0 Å². The minimum atomic E-state index is -0.963. The molecule has 6 rings (SSSR count). The number of imide groups is 2. The van der Waals surface area contributed by atoms with E-state index in [-0.39, 0.29) is 98.6 Å². The van der Waals surface area contributed by atoms with Gasteiger partial charge in [-0.25, -0.2) is 24.2 Å². The fourth-order valence-electron chi connectivity index (χ4n) is 6.97. The smallest absolute Gasteiger partial charge is 0.416 e. The Bertz CT molecular complexity index is 2740. The first-order valence-electron chi connectivity index (χ1n) is 29.4. The molecule has 32 heteroatoms. The monoisotopic (exact) mass is 1520 g/mol. The Kier molecular flexibility index (Phi) is 57.6. The number of hydrogen-bond acceptors (Lipinski definition) is 21. The SMILES string of the molecule is C.CC(N)C(=O)O.CCC(=O)Cl.CCC(=O)N1C(=O)OCC1Cc1ccccc1.CCC(=O)OPC.CO.CPOC(=O)C(C)Br.CPOC(=O)C(C)C(C)C(=O)Cl.CPOC(=O)C(C)C(C)C(=O)N1C(=O)OCC1Cc1ccccc1.O=C1NC(Cc2ccccc2)CO1. The molecule has 13 unspecified atom stereocenters. The molecule has 3 fully saturated rings. The van der Waals surface area contributed by atoms with E-state index in [0.29, 0.717) is 54.1 Å². The predicted molar refractivity (Wildman–Crippen MR) is 378 cm³/mol. The number of carbonyl (C=O) groups excluding carboxylic acids is 11. The van der Waals surface area contributed by atoms with E-state index in [9.17, 15) is 57.5 Å². The summed E-state index contributed by atoms with van der Waals surface area (Å²) in [6, 6.07) is 28.3. The molecule has 95 heavy (non-hydrogen) atoms. The molecule has 3 aliphatic heterocycles. The van der Waals surface area contributed by atoms with Gasteiger partial charge in [-0.3, -0.25) is 43.2 Å². The summed E-state index contributed by atoms with van der Waals surface area (Å²) in [7, 11) is 1.69. The lowest BCUT2D eigenvalue weighted by molar-refractivity contribution is -0.145. The zero-order valence-electron chi connectivity index (χ0n) is 55.5. The van der Waals surface area contributed by atoms with Crippen molar-refractivity contribution in [3.8, 4) is 0 Å². The molecule has 0 saturated carbocycles. The van der Waals surface area contributed by atoms with Gasteiger partial charge in [-0.05, 0) is 99.7 Å². The number of ether oxygens (including phenoxy) is 3. The number of aliphatic hydroxyl groups excluding tert-OH is 1. The zero-order valence-corrected chi connectivity index (χ0v) is 62.6. The van der Waals surface area contributed by atoms with Crippen LogP contribution in [-0.4, -0.2) is 173 Å². The maximum Gasteiger partial charge on any atom is 0.416 e. The van der Waals surface area contributed by atoms with Crippen LogP contribution in [0.1, 0.15) is 106 Å². The van der Waals surface area contributed by atoms with Crippen LogP contribution in [0.15, 0.2) is 91.0 Å². The summed E-state index contributed by atoms with van der Waals surface area (Å²) in [6.07, 6.45) is 1.79. The van der Waals surface area contributed by atoms with Crippen LogP contribution in [0.4, 0.5) is 14.4 Å². The van der Waals surface area contributed by atoms with Crippen LogP contribution in [-0.2, 0) is 94.7 Å². The van der Waals surface area contributed by atoms with E-state index < -0.39 is 65.0 Å². The standard InChI is InChI=1S/C17H22NO5P.C13H15NO3.C10H11NO2.C7H12ClO3P.C4H8BrO2P.C4H9O2P.C3H5ClO.C3H7NO2.CH4O.CH4/c1-11(12(2)16(20)23-24-3)15(19)18-14(10-22-17(18)21)9-13-7-5-4-6-8-13;1-2-12(15)14-11(9-17-13(14)16)8-10-6-4-3-5-7-10;12-10-11-9(7-13-10)6-8-4-2-1-3-5-8;1-4(6(8)9)5(2)7(10)11-12-3;1-3(5)4(6)7-8-2;1-3-4(5)6-7-2;1-2-3(4)5;1-2(4)3(5)6;1-2;/h4-8,11-12,14,24H,9-10H2,1-3H3;3-7,11H,2,8-9H2,1H3;1-5,9H,6-7H2,(H,11,12);4-5,12H,1-3H3;3,8H,1-2H3;7H,3H2,1-2H3;2H2,1H3;2H,4H2,1H3,(H,5,6);2H,1H3;1H4. The number of aliphatic hydroxyl groups is 1. The van der Waals surface area contributed by atoms with Gasteiger partial charge in [-0.1, -0.05) is 163 Å². The fraction of sp³-hybridized carbons (Fsp3) is 0.524. The predicted octanol–water partition coefficient (Wildman–Crippen LogP) is 11.3. The van der Waals surface area contributed by atoms with Crippen LogP contribution in [0, 0.1) is 23.7 Å². The topological polar surface area (TPSA) is 354 Å². The van der Waals surface area contributed by atoms with Gasteiger partial charge in [0, 0.05) is 38.2 Å². The third kappa shape index (κ3) is 43.2. The number of nitrogens with two attached hydrogens (primary N) is 1. The number of benzene rings is 3. The van der Waals surface area contributed by atoms with Crippen molar-refractivity contribution in [2.24, 2.45) is 29.4 Å². The van der Waals surface area contributed by atoms with Crippen LogP contribution in [0.25, 0.3) is 0 Å². The minimum absolute atomic E-state index is 0. The number of carbonyl (C=O) groups is 12. The molecule has 3 heterocycles. The summed E-state index contributed by atoms with van der Waals surface area (Å²) in [4.78, 5) is 134. The van der Waals surface area contributed by atoms with Crippen molar-refractivity contribution in [1.29, 1.82) is 0 Å². The van der Waals surface area contributed by atoms with E-state index in [1.807, 2.05) is 104 Å². The lowest BCUT2D eigenvalue weighted by Gasteiger charge is -2.25. The Morgan fingerprint density at radius 1 is 0.568 bits per heavy atom. The molecule has 3 aromatic carbocycles. The molecule has 3 aromatic rings. The summed E-state index contributed by atoms with van der Waals surface area (Å²) in [5, 5.41) is 16.8. The number of nitrogens with one attached hydrogen (secondary N) is 1. The summed E-state index contributed by atoms with van der Waals surface area (Å²) < 4.78 is 33.8. The Hall–Kier alpha value is -5.80. The molecule has 0 radical (unpaired) electrons. The lowest BCUT2D eigenvalue weighted by atomic mass is 9.94. The number of hydrogen-bond donors (Lipinski definition) is 4. The number of halogens is 3. The number of aliphatic carboxylic acids is 1. The fourth-order valence-corrected chi connectivity index (χ4v) is 8.95. The highest BCUT2D eigenvalue weighted by atomic mass is 79.9. The third-order valence-corrected chi connectivity index (χ3v) is 15.2. The molecule has 0 aromatic heterocycles. The number of nitrogens with zero attached hydrogens (tertiary/aromatic N) is 2. The van der Waals surface area contributed by atoms with Gasteiger partial charge in [0.25, 0.3) is 0 Å². The number of alkyl halides is 1. The second-order valence-electron chi connectivity index (χ2n) is 19.6. The van der Waals surface area contributed by atoms with Crippen molar-refractivity contribution < 1.29 is 100 Å². The number of carboxylic acid groups (broad SMARTS) is 1. The van der Waals surface area contributed by atoms with Crippen LogP contribution in [0.5, 0.6) is 0 Å². The van der Waals surface area contributed by atoms with Crippen LogP contribution < -0.4 is 11.1 Å². The molecule has 0 bridgehead atoms. The van der Waals surface area contributed by atoms with Crippen LogP contribution in [0.3, 0.4) is 0 Å². The highest BCUT2D eigenvalue weighted by molar-refractivity contribution is 9.10. The summed E-state index contributed by atoms with van der Waals surface area (Å²) in [6.45, 7) is 23.0. The van der Waals surface area contributed by atoms with Crippen molar-refractivity contribution in [2.45, 2.75) is 137 Å². The van der Waals surface area contributed by atoms with Gasteiger partial charge in [-0.15, -0.1) is 0 Å². The second-order valence-corrected chi connectivity index (χ2v) is 24.2. The number of cyclic esters (lactones) is 3. The maximum absolute atomic E-state index is 12.7. The quantitative estimate of drug-likeness (QED) is 0.0333. The first-order chi connectivity index (χ1) is 44.4. The Balaban J connectivity index is -0.000000522. The van der Waals surface area contributed by atoms with E-state index in [1.165, 1.54) is 17.4 Å². The molecule has 5 amide bonds. The second kappa shape index (κ2) is 57.3. The third-order valence-electron chi connectivity index (χ3n) is 12.5. The molecular formula is C63H97BrCl2N4O21P4. The van der Waals surface area contributed by atoms with Gasteiger partial charge < -0.3 is 53.6 Å². The van der Waals surface area contributed by atoms with Crippen molar-refractivity contribution in [1.82, 2.24) is 15.1 Å². The Morgan fingerprint density at radius 3 is 1.22 bits per heavy atom. The highest BCUT2D eigenvalue weighted by Gasteiger charge is 2.42. The molecule has 5 N–H and O–H groups in total. The first-order valence-corrected chi connectivity index (χ1v) is 36.7. The van der Waals surface area contributed by atoms with Gasteiger partial charge in [-0.2, -0.15) is 0 Å². The lowest BCUT2D eigenvalue weighted by Crippen LogP contribution is -2.45. The van der Waals surface area contributed by atoms with Gasteiger partial charge in [0.05, 0.1) is 65.2 Å². The molecule has 3 aliphatic rings. The average Bonchev–Trinajstić information content (AvgIpc) is 1.76. The zero-order chi connectivity index (χ0) is 72.5. The summed E-state index contributed by atoms with van der Waals surface area (Å²) in [5.41, 5.74) is 8.18. The molecule has 25 nitrogen and oxygen atoms in total. The van der Waals surface area contributed by atoms with E-state index in [0.717, 1.165) is 29.6 Å².